The Kier molecular flexibility index (Phi) is 3.28. The van der Waals surface area contributed by atoms with E-state index in [4.69, 9.17) is 5.73 Å². The molecule has 116 valence electrons. The van der Waals surface area contributed by atoms with Crippen LogP contribution in [0.4, 0.5) is 0 Å². The highest BCUT2D eigenvalue weighted by atomic mass is 16.1. The SMILES string of the molecule is NC(=O)c1c(-c2ccccc2)cccc1-c1ncnc2[nH]cnc12. The van der Waals surface area contributed by atoms with Crippen LogP contribution in [0.1, 0.15) is 10.4 Å². The molecule has 0 atom stereocenters. The second-order valence-corrected chi connectivity index (χ2v) is 5.28. The molecule has 0 saturated heterocycles. The van der Waals surface area contributed by atoms with Gasteiger partial charge in [-0.25, -0.2) is 15.0 Å². The van der Waals surface area contributed by atoms with Gasteiger partial charge in [0.2, 0.25) is 5.91 Å². The van der Waals surface area contributed by atoms with Crippen LogP contribution in [0.25, 0.3) is 33.5 Å². The second kappa shape index (κ2) is 5.58. The fourth-order valence-corrected chi connectivity index (χ4v) is 2.84. The fourth-order valence-electron chi connectivity index (χ4n) is 2.84. The van der Waals surface area contributed by atoms with E-state index in [1.54, 1.807) is 6.33 Å². The molecule has 0 spiro atoms. The van der Waals surface area contributed by atoms with Crippen molar-refractivity contribution in [2.75, 3.05) is 0 Å². The summed E-state index contributed by atoms with van der Waals surface area (Å²) in [6.45, 7) is 0. The van der Waals surface area contributed by atoms with Gasteiger partial charge in [0.25, 0.3) is 0 Å². The van der Waals surface area contributed by atoms with Crippen LogP contribution in [0.2, 0.25) is 0 Å². The third kappa shape index (κ3) is 2.21. The number of amides is 1. The molecule has 0 radical (unpaired) electrons. The molecule has 0 unspecified atom stereocenters. The number of carbonyl (C=O) groups is 1. The lowest BCUT2D eigenvalue weighted by atomic mass is 9.93. The Morgan fingerprint density at radius 3 is 2.50 bits per heavy atom. The number of benzene rings is 2. The van der Waals surface area contributed by atoms with E-state index in [0.717, 1.165) is 11.1 Å². The van der Waals surface area contributed by atoms with Crippen LogP contribution in [0, 0.1) is 0 Å². The summed E-state index contributed by atoms with van der Waals surface area (Å²) >= 11 is 0. The van der Waals surface area contributed by atoms with Crippen molar-refractivity contribution >= 4 is 17.1 Å². The summed E-state index contributed by atoms with van der Waals surface area (Å²) in [4.78, 5) is 27.9. The van der Waals surface area contributed by atoms with E-state index in [1.165, 1.54) is 6.33 Å². The Hall–Kier alpha value is -3.54. The van der Waals surface area contributed by atoms with Gasteiger partial charge in [0.05, 0.1) is 11.9 Å². The minimum absolute atomic E-state index is 0.423. The van der Waals surface area contributed by atoms with Gasteiger partial charge < -0.3 is 10.7 Å². The topological polar surface area (TPSA) is 97.5 Å². The van der Waals surface area contributed by atoms with Gasteiger partial charge in [-0.2, -0.15) is 0 Å². The van der Waals surface area contributed by atoms with Crippen molar-refractivity contribution in [3.05, 3.63) is 66.7 Å². The number of aromatic amines is 1. The zero-order valence-corrected chi connectivity index (χ0v) is 12.6. The maximum absolute atomic E-state index is 12.2. The number of fused-ring (bicyclic) bond motifs is 1. The van der Waals surface area contributed by atoms with E-state index in [9.17, 15) is 4.79 Å². The van der Waals surface area contributed by atoms with Gasteiger partial charge in [-0.05, 0) is 11.1 Å². The van der Waals surface area contributed by atoms with Gasteiger partial charge in [0, 0.05) is 5.56 Å². The summed E-state index contributed by atoms with van der Waals surface area (Å²) in [5.41, 5.74) is 10.2. The summed E-state index contributed by atoms with van der Waals surface area (Å²) < 4.78 is 0. The van der Waals surface area contributed by atoms with Crippen molar-refractivity contribution in [2.45, 2.75) is 0 Å². The summed E-state index contributed by atoms with van der Waals surface area (Å²) in [5, 5.41) is 0. The van der Waals surface area contributed by atoms with E-state index < -0.39 is 5.91 Å². The molecule has 2 heterocycles. The third-order valence-corrected chi connectivity index (χ3v) is 3.87. The first-order chi connectivity index (χ1) is 11.8. The predicted octanol–water partition coefficient (Wildman–Crippen LogP) is 2.79. The number of nitrogens with one attached hydrogen (secondary N) is 1. The molecule has 6 nitrogen and oxygen atoms in total. The molecule has 0 saturated carbocycles. The van der Waals surface area contributed by atoms with E-state index >= 15 is 0 Å². The van der Waals surface area contributed by atoms with E-state index in [0.29, 0.717) is 28.0 Å². The molecule has 6 heteroatoms. The quantitative estimate of drug-likeness (QED) is 0.607. The number of hydrogen-bond donors (Lipinski definition) is 2. The standard InChI is InChI=1S/C18H13N5O/c19-17(24)14-12(11-5-2-1-3-6-11)7-4-8-13(14)15-16-18(22-9-20-15)23-10-21-16/h1-10H,(H2,19,24)(H,20,21,22,23). The highest BCUT2D eigenvalue weighted by molar-refractivity contribution is 6.07. The summed E-state index contributed by atoms with van der Waals surface area (Å²) in [5.74, 6) is -0.508. The molecule has 0 fully saturated rings. The van der Waals surface area contributed by atoms with Gasteiger partial charge in [-0.1, -0.05) is 48.5 Å². The molecule has 1 amide bonds. The molecule has 0 aliphatic carbocycles. The number of rotatable bonds is 3. The van der Waals surface area contributed by atoms with Crippen LogP contribution >= 0.6 is 0 Å². The van der Waals surface area contributed by atoms with Crippen LogP contribution in [0.15, 0.2) is 61.2 Å². The lowest BCUT2D eigenvalue weighted by Gasteiger charge is -2.12. The molecule has 4 rings (SSSR count). The number of hydrogen-bond acceptors (Lipinski definition) is 4. The van der Waals surface area contributed by atoms with Crippen LogP contribution in [-0.2, 0) is 0 Å². The first-order valence-electron chi connectivity index (χ1n) is 7.38. The molecule has 3 N–H and O–H groups in total. The first kappa shape index (κ1) is 14.1. The Labute approximate surface area is 137 Å². The van der Waals surface area contributed by atoms with Gasteiger partial charge in [-0.15, -0.1) is 0 Å². The molecule has 0 bridgehead atoms. The molecule has 24 heavy (non-hydrogen) atoms. The molecule has 2 aromatic heterocycles. The van der Waals surface area contributed by atoms with Gasteiger partial charge in [0.1, 0.15) is 17.5 Å². The number of aromatic nitrogens is 4. The number of carbonyl (C=O) groups excluding carboxylic acids is 1. The zero-order chi connectivity index (χ0) is 16.5. The van der Waals surface area contributed by atoms with Crippen LogP contribution in [0.3, 0.4) is 0 Å². The van der Waals surface area contributed by atoms with E-state index in [-0.39, 0.29) is 0 Å². The Morgan fingerprint density at radius 1 is 0.917 bits per heavy atom. The number of primary amides is 1. The largest absolute Gasteiger partial charge is 0.366 e. The lowest BCUT2D eigenvalue weighted by molar-refractivity contribution is 0.100. The highest BCUT2D eigenvalue weighted by Crippen LogP contribution is 2.33. The maximum atomic E-state index is 12.2. The normalized spacial score (nSPS) is 10.8. The van der Waals surface area contributed by atoms with Crippen molar-refractivity contribution in [3.63, 3.8) is 0 Å². The molecule has 0 aliphatic rings. The van der Waals surface area contributed by atoms with Crippen LogP contribution < -0.4 is 5.73 Å². The van der Waals surface area contributed by atoms with Gasteiger partial charge >= 0.3 is 0 Å². The third-order valence-electron chi connectivity index (χ3n) is 3.87. The van der Waals surface area contributed by atoms with Crippen molar-refractivity contribution < 1.29 is 4.79 Å². The number of imidazole rings is 1. The second-order valence-electron chi connectivity index (χ2n) is 5.28. The fraction of sp³-hybridized carbons (Fsp3) is 0. The minimum atomic E-state index is -0.508. The Morgan fingerprint density at radius 2 is 1.71 bits per heavy atom. The number of nitrogens with two attached hydrogens (primary N) is 1. The average Bonchev–Trinajstić information content (AvgIpc) is 3.10. The molecule has 2 aromatic carbocycles. The highest BCUT2D eigenvalue weighted by Gasteiger charge is 2.19. The Balaban J connectivity index is 2.03. The maximum Gasteiger partial charge on any atom is 0.250 e. The average molecular weight is 315 g/mol. The minimum Gasteiger partial charge on any atom is -0.366 e. The number of H-pyrrole nitrogens is 1. The van der Waals surface area contributed by atoms with Gasteiger partial charge in [0.15, 0.2) is 5.65 Å². The monoisotopic (exact) mass is 315 g/mol. The zero-order valence-electron chi connectivity index (χ0n) is 12.6. The van der Waals surface area contributed by atoms with E-state index in [2.05, 4.69) is 19.9 Å². The first-order valence-corrected chi connectivity index (χ1v) is 7.38. The van der Waals surface area contributed by atoms with E-state index in [1.807, 2.05) is 48.5 Å². The van der Waals surface area contributed by atoms with Crippen molar-refractivity contribution in [1.29, 1.82) is 0 Å². The molecule has 4 aromatic rings. The Bertz CT molecular complexity index is 1040. The number of nitrogens with zero attached hydrogens (tertiary/aromatic N) is 3. The predicted molar refractivity (Wildman–Crippen MR) is 91.1 cm³/mol. The van der Waals surface area contributed by atoms with Crippen molar-refractivity contribution in [1.82, 2.24) is 19.9 Å². The van der Waals surface area contributed by atoms with Crippen LogP contribution in [-0.4, -0.2) is 25.8 Å². The lowest BCUT2D eigenvalue weighted by Crippen LogP contribution is -2.14. The van der Waals surface area contributed by atoms with Crippen molar-refractivity contribution in [2.24, 2.45) is 5.73 Å². The van der Waals surface area contributed by atoms with Crippen molar-refractivity contribution in [3.8, 4) is 22.4 Å². The molecular weight excluding hydrogens is 302 g/mol. The van der Waals surface area contributed by atoms with Crippen LogP contribution in [0.5, 0.6) is 0 Å². The smallest absolute Gasteiger partial charge is 0.250 e. The van der Waals surface area contributed by atoms with Gasteiger partial charge in [-0.3, -0.25) is 4.79 Å². The summed E-state index contributed by atoms with van der Waals surface area (Å²) in [7, 11) is 0. The molecular formula is C18H13N5O. The summed E-state index contributed by atoms with van der Waals surface area (Å²) in [6.07, 6.45) is 2.99. The summed E-state index contributed by atoms with van der Waals surface area (Å²) in [6, 6.07) is 15.2. The molecule has 0 aliphatic heterocycles.